The Balaban J connectivity index is 2.19. The number of Topliss-reactive ketones (excluding diaryl/α,β-unsaturated/α-hetero) is 1. The maximum atomic E-state index is 14.0. The van der Waals surface area contributed by atoms with E-state index in [2.05, 4.69) is 4.98 Å². The predicted molar refractivity (Wildman–Crippen MR) is 77.1 cm³/mol. The summed E-state index contributed by atoms with van der Waals surface area (Å²) >= 11 is 0. The summed E-state index contributed by atoms with van der Waals surface area (Å²) in [6.45, 7) is 1.47. The zero-order valence-corrected chi connectivity index (χ0v) is 10.9. The van der Waals surface area contributed by atoms with Gasteiger partial charge in [-0.25, -0.2) is 4.39 Å². The largest absolute Gasteiger partial charge is 0.295 e. The second-order valence-corrected chi connectivity index (χ2v) is 4.66. The number of hydrogen-bond acceptors (Lipinski definition) is 2. The molecule has 0 aliphatic rings. The van der Waals surface area contributed by atoms with Gasteiger partial charge >= 0.3 is 0 Å². The van der Waals surface area contributed by atoms with E-state index in [9.17, 15) is 9.18 Å². The molecule has 0 radical (unpaired) electrons. The Morgan fingerprint density at radius 3 is 2.75 bits per heavy atom. The Morgan fingerprint density at radius 1 is 1.10 bits per heavy atom. The van der Waals surface area contributed by atoms with Gasteiger partial charge in [-0.3, -0.25) is 9.78 Å². The van der Waals surface area contributed by atoms with Crippen molar-refractivity contribution in [3.63, 3.8) is 0 Å². The van der Waals surface area contributed by atoms with Crippen LogP contribution in [0.3, 0.4) is 0 Å². The molecule has 98 valence electrons. The number of halogens is 1. The van der Waals surface area contributed by atoms with Gasteiger partial charge in [0, 0.05) is 22.7 Å². The number of benzene rings is 2. The number of carbonyl (C=O) groups is 1. The number of fused-ring (bicyclic) bond motifs is 1. The maximum absolute atomic E-state index is 14.0. The molecule has 2 aromatic carbocycles. The third-order valence-electron chi connectivity index (χ3n) is 3.29. The fourth-order valence-electron chi connectivity index (χ4n) is 2.20. The molecule has 0 amide bonds. The number of ketones is 1. The van der Waals surface area contributed by atoms with E-state index in [4.69, 9.17) is 0 Å². The summed E-state index contributed by atoms with van der Waals surface area (Å²) in [5.74, 6) is -0.421. The van der Waals surface area contributed by atoms with E-state index in [-0.39, 0.29) is 11.6 Å². The molecule has 0 aliphatic carbocycles. The van der Waals surface area contributed by atoms with Crippen LogP contribution in [0, 0.1) is 5.82 Å². The van der Waals surface area contributed by atoms with Crippen LogP contribution in [0.25, 0.3) is 22.0 Å². The van der Waals surface area contributed by atoms with Crippen molar-refractivity contribution < 1.29 is 9.18 Å². The van der Waals surface area contributed by atoms with Gasteiger partial charge in [0.25, 0.3) is 0 Å². The van der Waals surface area contributed by atoms with Crippen molar-refractivity contribution in [1.29, 1.82) is 0 Å². The molecular formula is C17H12FNO. The SMILES string of the molecule is CC(=O)c1ccc(F)c(-c2ccc3cccnc3c2)c1. The molecular weight excluding hydrogens is 253 g/mol. The summed E-state index contributed by atoms with van der Waals surface area (Å²) in [4.78, 5) is 15.7. The van der Waals surface area contributed by atoms with E-state index in [0.717, 1.165) is 16.5 Å². The summed E-state index contributed by atoms with van der Waals surface area (Å²) in [6.07, 6.45) is 1.70. The highest BCUT2D eigenvalue weighted by Crippen LogP contribution is 2.27. The first-order chi connectivity index (χ1) is 9.65. The Kier molecular flexibility index (Phi) is 3.03. The molecule has 0 spiro atoms. The smallest absolute Gasteiger partial charge is 0.159 e. The lowest BCUT2D eigenvalue weighted by Crippen LogP contribution is -1.94. The van der Waals surface area contributed by atoms with Gasteiger partial charge in [0.15, 0.2) is 5.78 Å². The van der Waals surface area contributed by atoms with Crippen LogP contribution < -0.4 is 0 Å². The molecule has 3 heteroatoms. The predicted octanol–water partition coefficient (Wildman–Crippen LogP) is 4.24. The molecule has 1 heterocycles. The third kappa shape index (κ3) is 2.18. The molecule has 3 aromatic rings. The summed E-state index contributed by atoms with van der Waals surface area (Å²) in [5, 5.41) is 0.999. The lowest BCUT2D eigenvalue weighted by Gasteiger charge is -2.06. The molecule has 2 nitrogen and oxygen atoms in total. The van der Waals surface area contributed by atoms with E-state index >= 15 is 0 Å². The van der Waals surface area contributed by atoms with Gasteiger partial charge in [0.2, 0.25) is 0 Å². The van der Waals surface area contributed by atoms with Crippen molar-refractivity contribution in [2.45, 2.75) is 6.92 Å². The first-order valence-corrected chi connectivity index (χ1v) is 6.31. The van der Waals surface area contributed by atoms with Gasteiger partial charge in [0.05, 0.1) is 5.52 Å². The van der Waals surface area contributed by atoms with Crippen molar-refractivity contribution in [2.75, 3.05) is 0 Å². The van der Waals surface area contributed by atoms with Crippen LogP contribution >= 0.6 is 0 Å². The van der Waals surface area contributed by atoms with E-state index in [0.29, 0.717) is 11.1 Å². The van der Waals surface area contributed by atoms with Gasteiger partial charge in [-0.1, -0.05) is 18.2 Å². The number of pyridine rings is 1. The zero-order chi connectivity index (χ0) is 14.1. The molecule has 0 saturated heterocycles. The molecule has 0 saturated carbocycles. The Morgan fingerprint density at radius 2 is 1.95 bits per heavy atom. The monoisotopic (exact) mass is 265 g/mol. The fourth-order valence-corrected chi connectivity index (χ4v) is 2.20. The first kappa shape index (κ1) is 12.5. The summed E-state index contributed by atoms with van der Waals surface area (Å²) in [6, 6.07) is 13.8. The average molecular weight is 265 g/mol. The minimum Gasteiger partial charge on any atom is -0.295 e. The minimum atomic E-state index is -0.342. The Hall–Kier alpha value is -2.55. The maximum Gasteiger partial charge on any atom is 0.159 e. The highest BCUT2D eigenvalue weighted by atomic mass is 19.1. The van der Waals surface area contributed by atoms with Crippen molar-refractivity contribution in [2.24, 2.45) is 0 Å². The lowest BCUT2D eigenvalue weighted by atomic mass is 10.00. The quantitative estimate of drug-likeness (QED) is 0.648. The molecule has 0 atom stereocenters. The summed E-state index contributed by atoms with van der Waals surface area (Å²) in [5.41, 5.74) is 2.45. The standard InChI is InChI=1S/C17H12FNO/c1-11(20)13-6-7-16(18)15(9-13)14-5-4-12-3-2-8-19-17(12)10-14/h2-10H,1H3. The van der Waals surface area contributed by atoms with Gasteiger partial charge in [-0.2, -0.15) is 0 Å². The van der Waals surface area contributed by atoms with Crippen LogP contribution in [-0.2, 0) is 0 Å². The number of aromatic nitrogens is 1. The van der Waals surface area contributed by atoms with E-state index in [1.54, 1.807) is 12.3 Å². The molecule has 20 heavy (non-hydrogen) atoms. The third-order valence-corrected chi connectivity index (χ3v) is 3.29. The molecule has 0 fully saturated rings. The van der Waals surface area contributed by atoms with E-state index in [1.165, 1.54) is 19.1 Å². The topological polar surface area (TPSA) is 30.0 Å². The van der Waals surface area contributed by atoms with Crippen molar-refractivity contribution in [1.82, 2.24) is 4.98 Å². The Labute approximate surface area is 115 Å². The highest BCUT2D eigenvalue weighted by Gasteiger charge is 2.09. The van der Waals surface area contributed by atoms with Crippen molar-refractivity contribution in [3.05, 3.63) is 66.1 Å². The van der Waals surface area contributed by atoms with Gasteiger partial charge in [0.1, 0.15) is 5.82 Å². The van der Waals surface area contributed by atoms with Crippen LogP contribution in [0.1, 0.15) is 17.3 Å². The van der Waals surface area contributed by atoms with Crippen molar-refractivity contribution in [3.8, 4) is 11.1 Å². The number of hydrogen-bond donors (Lipinski definition) is 0. The van der Waals surface area contributed by atoms with Crippen LogP contribution in [0.15, 0.2) is 54.7 Å². The van der Waals surface area contributed by atoms with Gasteiger partial charge < -0.3 is 0 Å². The van der Waals surface area contributed by atoms with Crippen LogP contribution in [0.2, 0.25) is 0 Å². The fraction of sp³-hybridized carbons (Fsp3) is 0.0588. The van der Waals surface area contributed by atoms with Crippen LogP contribution in [0.5, 0.6) is 0 Å². The molecule has 1 aromatic heterocycles. The lowest BCUT2D eigenvalue weighted by molar-refractivity contribution is 0.101. The highest BCUT2D eigenvalue weighted by molar-refractivity contribution is 5.95. The van der Waals surface area contributed by atoms with Gasteiger partial charge in [-0.15, -0.1) is 0 Å². The first-order valence-electron chi connectivity index (χ1n) is 6.31. The zero-order valence-electron chi connectivity index (χ0n) is 10.9. The molecule has 0 unspecified atom stereocenters. The Bertz CT molecular complexity index is 811. The normalized spacial score (nSPS) is 10.7. The van der Waals surface area contributed by atoms with Crippen LogP contribution in [-0.4, -0.2) is 10.8 Å². The summed E-state index contributed by atoms with van der Waals surface area (Å²) in [7, 11) is 0. The molecule has 0 aliphatic heterocycles. The van der Waals surface area contributed by atoms with E-state index in [1.807, 2.05) is 30.3 Å². The van der Waals surface area contributed by atoms with E-state index < -0.39 is 0 Å². The molecule has 0 N–H and O–H groups in total. The average Bonchev–Trinajstić information content (AvgIpc) is 2.47. The second-order valence-electron chi connectivity index (χ2n) is 4.66. The van der Waals surface area contributed by atoms with Gasteiger partial charge in [-0.05, 0) is 42.8 Å². The van der Waals surface area contributed by atoms with Crippen LogP contribution in [0.4, 0.5) is 4.39 Å². The van der Waals surface area contributed by atoms with Crippen molar-refractivity contribution >= 4 is 16.7 Å². The summed E-state index contributed by atoms with van der Waals surface area (Å²) < 4.78 is 14.0. The number of carbonyl (C=O) groups excluding carboxylic acids is 1. The number of nitrogens with zero attached hydrogens (tertiary/aromatic N) is 1. The minimum absolute atomic E-state index is 0.0786. The molecule has 3 rings (SSSR count). The number of rotatable bonds is 2. The molecule has 0 bridgehead atoms. The second kappa shape index (κ2) is 4.85.